The van der Waals surface area contributed by atoms with E-state index in [1.165, 1.54) is 0 Å². The highest BCUT2D eigenvalue weighted by molar-refractivity contribution is 9.10. The molecule has 1 fully saturated rings. The van der Waals surface area contributed by atoms with Gasteiger partial charge in [-0.25, -0.2) is 0 Å². The highest BCUT2D eigenvalue weighted by Crippen LogP contribution is 2.31. The van der Waals surface area contributed by atoms with Gasteiger partial charge in [0, 0.05) is 29.0 Å². The van der Waals surface area contributed by atoms with Crippen LogP contribution in [0.1, 0.15) is 6.42 Å². The van der Waals surface area contributed by atoms with Gasteiger partial charge in [-0.1, -0.05) is 15.9 Å². The molecule has 7 nitrogen and oxygen atoms in total. The van der Waals surface area contributed by atoms with Crippen LogP contribution in [0.4, 0.5) is 11.5 Å². The quantitative estimate of drug-likeness (QED) is 0.708. The van der Waals surface area contributed by atoms with Crippen molar-refractivity contribution in [2.75, 3.05) is 16.8 Å². The van der Waals surface area contributed by atoms with Crippen molar-refractivity contribution in [3.63, 3.8) is 0 Å². The highest BCUT2D eigenvalue weighted by Gasteiger charge is 2.36. The third kappa shape index (κ3) is 3.00. The number of anilines is 2. The zero-order valence-corrected chi connectivity index (χ0v) is 14.7. The Morgan fingerprint density at radius 2 is 2.24 bits per heavy atom. The average molecular weight is 400 g/mol. The van der Waals surface area contributed by atoms with Crippen LogP contribution >= 0.6 is 15.9 Å². The first-order valence-electron chi connectivity index (χ1n) is 7.77. The summed E-state index contributed by atoms with van der Waals surface area (Å²) in [6, 6.07) is 9.20. The molecule has 0 saturated carbocycles. The highest BCUT2D eigenvalue weighted by atomic mass is 79.9. The summed E-state index contributed by atoms with van der Waals surface area (Å²) in [5.41, 5.74) is 1.45. The van der Waals surface area contributed by atoms with E-state index in [4.69, 9.17) is 0 Å². The number of hydrogen-bond donors (Lipinski definition) is 2. The molecule has 0 radical (unpaired) electrons. The van der Waals surface area contributed by atoms with Gasteiger partial charge in [-0.05, 0) is 30.3 Å². The van der Waals surface area contributed by atoms with Crippen molar-refractivity contribution in [3.05, 3.63) is 47.2 Å². The van der Waals surface area contributed by atoms with E-state index in [1.807, 2.05) is 18.2 Å². The lowest BCUT2D eigenvalue weighted by Gasteiger charge is -2.14. The summed E-state index contributed by atoms with van der Waals surface area (Å²) in [5, 5.41) is 10.8. The van der Waals surface area contributed by atoms with E-state index < -0.39 is 5.92 Å². The average Bonchev–Trinajstić information content (AvgIpc) is 3.18. The minimum atomic E-state index is -0.421. The molecule has 1 aromatic carbocycles. The van der Waals surface area contributed by atoms with Crippen molar-refractivity contribution in [2.45, 2.75) is 6.42 Å². The Balaban J connectivity index is 1.54. The van der Waals surface area contributed by atoms with Crippen molar-refractivity contribution < 1.29 is 9.59 Å². The first kappa shape index (κ1) is 15.8. The second-order valence-corrected chi connectivity index (χ2v) is 6.79. The maximum atomic E-state index is 12.4. The summed E-state index contributed by atoms with van der Waals surface area (Å²) in [6.07, 6.45) is 3.38. The smallest absolute Gasteiger partial charge is 0.229 e. The molecule has 0 spiro atoms. The maximum Gasteiger partial charge on any atom is 0.229 e. The molecule has 3 heterocycles. The van der Waals surface area contributed by atoms with Gasteiger partial charge < -0.3 is 5.32 Å². The summed E-state index contributed by atoms with van der Waals surface area (Å²) in [7, 11) is 0. The molecule has 0 unspecified atom stereocenters. The van der Waals surface area contributed by atoms with Crippen molar-refractivity contribution in [2.24, 2.45) is 5.92 Å². The number of halogens is 1. The van der Waals surface area contributed by atoms with Crippen LogP contribution in [0.3, 0.4) is 0 Å². The van der Waals surface area contributed by atoms with Crippen molar-refractivity contribution in [1.29, 1.82) is 0 Å². The van der Waals surface area contributed by atoms with Gasteiger partial charge in [-0.15, -0.1) is 0 Å². The summed E-state index contributed by atoms with van der Waals surface area (Å²) in [6.45, 7) is 0.306. The SMILES string of the molecule is O=C(Nc1cccnc1)[C@@H]1CC(=O)N(c2n[nH]c3cc(Br)ccc23)C1. The van der Waals surface area contributed by atoms with Gasteiger partial charge >= 0.3 is 0 Å². The maximum absolute atomic E-state index is 12.4. The van der Waals surface area contributed by atoms with E-state index in [0.29, 0.717) is 18.1 Å². The number of carbonyl (C=O) groups excluding carboxylic acids is 2. The Hall–Kier alpha value is -2.74. The number of nitrogens with one attached hydrogen (secondary N) is 2. The number of amides is 2. The summed E-state index contributed by atoms with van der Waals surface area (Å²) in [5.74, 6) is -0.159. The number of aromatic nitrogens is 3. The molecular weight excluding hydrogens is 386 g/mol. The van der Waals surface area contributed by atoms with Crippen LogP contribution in [-0.2, 0) is 9.59 Å². The van der Waals surface area contributed by atoms with Gasteiger partial charge in [0.2, 0.25) is 11.8 Å². The molecule has 0 aliphatic carbocycles. The Kier molecular flexibility index (Phi) is 3.96. The number of pyridine rings is 1. The standard InChI is InChI=1S/C17H14BrN5O2/c18-11-3-4-13-14(7-11)21-22-16(13)23-9-10(6-15(23)24)17(25)20-12-2-1-5-19-8-12/h1-5,7-8,10H,6,9H2,(H,20,25)(H,21,22)/t10-/m1/s1. The minimum Gasteiger partial charge on any atom is -0.324 e. The second-order valence-electron chi connectivity index (χ2n) is 5.87. The van der Waals surface area contributed by atoms with E-state index in [2.05, 4.69) is 36.4 Å². The first-order valence-corrected chi connectivity index (χ1v) is 8.56. The third-order valence-electron chi connectivity index (χ3n) is 4.19. The molecule has 2 amide bonds. The monoisotopic (exact) mass is 399 g/mol. The molecule has 4 rings (SSSR count). The Labute approximate surface area is 151 Å². The first-order chi connectivity index (χ1) is 12.1. The number of nitrogens with zero attached hydrogens (tertiary/aromatic N) is 3. The summed E-state index contributed by atoms with van der Waals surface area (Å²) in [4.78, 5) is 30.4. The molecular formula is C17H14BrN5O2. The Morgan fingerprint density at radius 1 is 1.36 bits per heavy atom. The largest absolute Gasteiger partial charge is 0.324 e. The summed E-state index contributed by atoms with van der Waals surface area (Å²) < 4.78 is 0.927. The van der Waals surface area contributed by atoms with Crippen LogP contribution in [-0.4, -0.2) is 33.5 Å². The van der Waals surface area contributed by atoms with Crippen molar-refractivity contribution in [3.8, 4) is 0 Å². The van der Waals surface area contributed by atoms with E-state index in [1.54, 1.807) is 29.4 Å². The molecule has 1 aliphatic heterocycles. The Bertz CT molecular complexity index is 956. The van der Waals surface area contributed by atoms with E-state index in [9.17, 15) is 9.59 Å². The van der Waals surface area contributed by atoms with Gasteiger partial charge in [0.25, 0.3) is 0 Å². The van der Waals surface area contributed by atoms with E-state index in [0.717, 1.165) is 15.4 Å². The van der Waals surface area contributed by atoms with Crippen molar-refractivity contribution >= 4 is 50.2 Å². The van der Waals surface area contributed by atoms with Crippen LogP contribution in [0.2, 0.25) is 0 Å². The molecule has 2 aromatic heterocycles. The molecule has 1 saturated heterocycles. The van der Waals surface area contributed by atoms with Crippen molar-refractivity contribution in [1.82, 2.24) is 15.2 Å². The predicted molar refractivity (Wildman–Crippen MR) is 97.1 cm³/mol. The number of rotatable bonds is 3. The number of hydrogen-bond acceptors (Lipinski definition) is 4. The number of aromatic amines is 1. The molecule has 2 N–H and O–H groups in total. The molecule has 3 aromatic rings. The number of H-pyrrole nitrogens is 1. The fourth-order valence-electron chi connectivity index (χ4n) is 2.95. The lowest BCUT2D eigenvalue weighted by Crippen LogP contribution is -2.28. The fraction of sp³-hybridized carbons (Fsp3) is 0.176. The van der Waals surface area contributed by atoms with Gasteiger partial charge in [0.05, 0.1) is 23.3 Å². The summed E-state index contributed by atoms with van der Waals surface area (Å²) >= 11 is 3.41. The fourth-order valence-corrected chi connectivity index (χ4v) is 3.31. The van der Waals surface area contributed by atoms with Gasteiger partial charge in [-0.2, -0.15) is 5.10 Å². The number of benzene rings is 1. The number of fused-ring (bicyclic) bond motifs is 1. The molecule has 1 aliphatic rings. The Morgan fingerprint density at radius 3 is 3.04 bits per heavy atom. The lowest BCUT2D eigenvalue weighted by molar-refractivity contribution is -0.122. The normalized spacial score (nSPS) is 17.2. The lowest BCUT2D eigenvalue weighted by atomic mass is 10.1. The molecule has 8 heteroatoms. The molecule has 0 bridgehead atoms. The minimum absolute atomic E-state index is 0.109. The van der Waals surface area contributed by atoms with Crippen LogP contribution < -0.4 is 10.2 Å². The van der Waals surface area contributed by atoms with Crippen LogP contribution in [0.15, 0.2) is 47.2 Å². The molecule has 126 valence electrons. The predicted octanol–water partition coefficient (Wildman–Crippen LogP) is 2.71. The third-order valence-corrected chi connectivity index (χ3v) is 4.68. The number of carbonyl (C=O) groups is 2. The second kappa shape index (κ2) is 6.29. The van der Waals surface area contributed by atoms with Crippen LogP contribution in [0, 0.1) is 5.92 Å². The van der Waals surface area contributed by atoms with E-state index >= 15 is 0 Å². The van der Waals surface area contributed by atoms with Crippen LogP contribution in [0.5, 0.6) is 0 Å². The van der Waals surface area contributed by atoms with Crippen LogP contribution in [0.25, 0.3) is 10.9 Å². The molecule has 1 atom stereocenters. The topological polar surface area (TPSA) is 91.0 Å². The van der Waals surface area contributed by atoms with Gasteiger partial charge in [0.1, 0.15) is 0 Å². The van der Waals surface area contributed by atoms with E-state index in [-0.39, 0.29) is 18.2 Å². The zero-order valence-electron chi connectivity index (χ0n) is 13.1. The van der Waals surface area contributed by atoms with Gasteiger partial charge in [0.15, 0.2) is 5.82 Å². The zero-order chi connectivity index (χ0) is 17.4. The molecule has 25 heavy (non-hydrogen) atoms. The van der Waals surface area contributed by atoms with Gasteiger partial charge in [-0.3, -0.25) is 24.6 Å².